The van der Waals surface area contributed by atoms with Crippen molar-refractivity contribution in [2.45, 2.75) is 0 Å². The van der Waals surface area contributed by atoms with Crippen LogP contribution in [0.5, 0.6) is 11.5 Å². The van der Waals surface area contributed by atoms with Crippen LogP contribution in [0.25, 0.3) is 10.8 Å². The number of aromatic hydroxyl groups is 1. The average Bonchev–Trinajstić information content (AvgIpc) is 2.63. The quantitative estimate of drug-likeness (QED) is 0.550. The Morgan fingerprint density at radius 2 is 1.96 bits per heavy atom. The van der Waals surface area contributed by atoms with Crippen LogP contribution in [0, 0.1) is 0 Å². The summed E-state index contributed by atoms with van der Waals surface area (Å²) in [6.45, 7) is 0. The minimum absolute atomic E-state index is 0.138. The number of benzene rings is 3. The minimum atomic E-state index is -0.315. The number of ether oxygens (including phenoxy) is 1. The van der Waals surface area contributed by atoms with Gasteiger partial charge < -0.3 is 9.84 Å². The molecule has 0 spiro atoms. The summed E-state index contributed by atoms with van der Waals surface area (Å²) in [7, 11) is 1.43. The Morgan fingerprint density at radius 3 is 2.76 bits per heavy atom. The van der Waals surface area contributed by atoms with Crippen LogP contribution in [0.1, 0.15) is 15.9 Å². The number of phenols is 1. The molecule has 0 bridgehead atoms. The lowest BCUT2D eigenvalue weighted by Crippen LogP contribution is -2.17. The highest BCUT2D eigenvalue weighted by molar-refractivity contribution is 6.32. The van der Waals surface area contributed by atoms with E-state index >= 15 is 0 Å². The number of rotatable bonds is 4. The number of fused-ring (bicyclic) bond motifs is 1. The number of nitrogens with one attached hydrogen (secondary N) is 1. The van der Waals surface area contributed by atoms with E-state index < -0.39 is 0 Å². The number of carbonyl (C=O) groups excluding carboxylic acids is 1. The van der Waals surface area contributed by atoms with Gasteiger partial charge in [-0.25, -0.2) is 5.43 Å². The molecule has 3 aromatic rings. The van der Waals surface area contributed by atoms with Gasteiger partial charge in [-0.3, -0.25) is 4.79 Å². The van der Waals surface area contributed by atoms with Crippen molar-refractivity contribution in [3.63, 3.8) is 0 Å². The Kier molecular flexibility index (Phi) is 4.86. The molecule has 0 aliphatic rings. The number of amides is 1. The van der Waals surface area contributed by atoms with E-state index in [4.69, 9.17) is 16.3 Å². The van der Waals surface area contributed by atoms with Crippen LogP contribution in [-0.4, -0.2) is 24.3 Å². The second kappa shape index (κ2) is 7.23. The van der Waals surface area contributed by atoms with Crippen LogP contribution < -0.4 is 10.2 Å². The van der Waals surface area contributed by atoms with Gasteiger partial charge in [0.05, 0.1) is 18.3 Å². The van der Waals surface area contributed by atoms with Crippen molar-refractivity contribution in [3.05, 3.63) is 70.7 Å². The van der Waals surface area contributed by atoms with Crippen LogP contribution in [0.3, 0.4) is 0 Å². The number of carbonyl (C=O) groups is 1. The van der Waals surface area contributed by atoms with E-state index in [1.807, 2.05) is 36.4 Å². The number of hydrazone groups is 1. The van der Waals surface area contributed by atoms with Gasteiger partial charge in [0, 0.05) is 5.56 Å². The highest BCUT2D eigenvalue weighted by atomic mass is 35.5. The van der Waals surface area contributed by atoms with Gasteiger partial charge in [0.15, 0.2) is 11.5 Å². The molecule has 2 N–H and O–H groups in total. The fraction of sp³-hybridized carbons (Fsp3) is 0.0526. The van der Waals surface area contributed by atoms with E-state index in [2.05, 4.69) is 10.5 Å². The monoisotopic (exact) mass is 354 g/mol. The molecule has 6 heteroatoms. The van der Waals surface area contributed by atoms with Crippen molar-refractivity contribution in [3.8, 4) is 11.5 Å². The Morgan fingerprint density at radius 1 is 1.20 bits per heavy atom. The third kappa shape index (κ3) is 3.56. The molecule has 0 radical (unpaired) electrons. The van der Waals surface area contributed by atoms with Gasteiger partial charge >= 0.3 is 0 Å². The SMILES string of the molecule is COc1cc(/C=N/NC(=O)c2cccc3ccccc23)cc(Cl)c1O. The molecular weight excluding hydrogens is 340 g/mol. The second-order valence-corrected chi connectivity index (χ2v) is 5.69. The van der Waals surface area contributed by atoms with Gasteiger partial charge in [-0.15, -0.1) is 0 Å². The van der Waals surface area contributed by atoms with Crippen LogP contribution in [0.2, 0.25) is 5.02 Å². The topological polar surface area (TPSA) is 70.9 Å². The summed E-state index contributed by atoms with van der Waals surface area (Å²) in [6.07, 6.45) is 1.43. The number of hydrogen-bond donors (Lipinski definition) is 2. The highest BCUT2D eigenvalue weighted by Crippen LogP contribution is 2.34. The maximum Gasteiger partial charge on any atom is 0.271 e. The van der Waals surface area contributed by atoms with Crippen LogP contribution in [-0.2, 0) is 0 Å². The largest absolute Gasteiger partial charge is 0.503 e. The van der Waals surface area contributed by atoms with Crippen molar-refractivity contribution < 1.29 is 14.6 Å². The Labute approximate surface area is 149 Å². The number of phenolic OH excluding ortho intramolecular Hbond substituents is 1. The number of nitrogens with zero attached hydrogens (tertiary/aromatic N) is 1. The van der Waals surface area contributed by atoms with Crippen LogP contribution in [0.15, 0.2) is 59.7 Å². The van der Waals surface area contributed by atoms with E-state index in [9.17, 15) is 9.90 Å². The van der Waals surface area contributed by atoms with E-state index in [0.717, 1.165) is 10.8 Å². The zero-order chi connectivity index (χ0) is 17.8. The summed E-state index contributed by atoms with van der Waals surface area (Å²) in [4.78, 5) is 12.4. The first-order chi connectivity index (χ1) is 12.1. The van der Waals surface area contributed by atoms with Crippen molar-refractivity contribution in [1.82, 2.24) is 5.43 Å². The van der Waals surface area contributed by atoms with Crippen LogP contribution in [0.4, 0.5) is 0 Å². The molecule has 1 amide bonds. The van der Waals surface area contributed by atoms with Gasteiger partial charge in [0.1, 0.15) is 0 Å². The number of halogens is 1. The lowest BCUT2D eigenvalue weighted by molar-refractivity contribution is 0.0957. The summed E-state index contributed by atoms with van der Waals surface area (Å²) in [5.41, 5.74) is 3.62. The van der Waals surface area contributed by atoms with Gasteiger partial charge in [0.2, 0.25) is 0 Å². The van der Waals surface area contributed by atoms with Crippen molar-refractivity contribution in [2.75, 3.05) is 7.11 Å². The third-order valence-electron chi connectivity index (χ3n) is 3.68. The normalized spacial score (nSPS) is 11.0. The fourth-order valence-corrected chi connectivity index (χ4v) is 2.69. The van der Waals surface area contributed by atoms with Crippen molar-refractivity contribution >= 4 is 34.5 Å². The summed E-state index contributed by atoms with van der Waals surface area (Å²) in [6, 6.07) is 16.2. The van der Waals surface area contributed by atoms with Crippen molar-refractivity contribution in [1.29, 1.82) is 0 Å². The zero-order valence-corrected chi connectivity index (χ0v) is 14.1. The van der Waals surface area contributed by atoms with Gasteiger partial charge in [-0.1, -0.05) is 48.0 Å². The molecule has 0 aliphatic heterocycles. The molecule has 3 aromatic carbocycles. The Hall–Kier alpha value is -3.05. The molecule has 0 fully saturated rings. The molecule has 0 saturated heterocycles. The molecule has 0 heterocycles. The molecule has 0 aromatic heterocycles. The Bertz CT molecular complexity index is 965. The van der Waals surface area contributed by atoms with E-state index in [0.29, 0.717) is 11.1 Å². The van der Waals surface area contributed by atoms with Gasteiger partial charge in [0.25, 0.3) is 5.91 Å². The maximum absolute atomic E-state index is 12.4. The van der Waals surface area contributed by atoms with Crippen LogP contribution >= 0.6 is 11.6 Å². The molecule has 25 heavy (non-hydrogen) atoms. The smallest absolute Gasteiger partial charge is 0.271 e. The average molecular weight is 355 g/mol. The Balaban J connectivity index is 1.80. The minimum Gasteiger partial charge on any atom is -0.503 e. The van der Waals surface area contributed by atoms with E-state index in [1.54, 1.807) is 12.1 Å². The molecular formula is C19H15ClN2O3. The third-order valence-corrected chi connectivity index (χ3v) is 3.97. The number of methoxy groups -OCH3 is 1. The molecule has 0 atom stereocenters. The lowest BCUT2D eigenvalue weighted by atomic mass is 10.0. The maximum atomic E-state index is 12.4. The molecule has 126 valence electrons. The van der Waals surface area contributed by atoms with E-state index in [1.165, 1.54) is 19.4 Å². The van der Waals surface area contributed by atoms with Gasteiger partial charge in [-0.2, -0.15) is 5.10 Å². The summed E-state index contributed by atoms with van der Waals surface area (Å²) in [5, 5.41) is 15.6. The lowest BCUT2D eigenvalue weighted by Gasteiger charge is -2.06. The summed E-state index contributed by atoms with van der Waals surface area (Å²) >= 11 is 5.92. The first kappa shape index (κ1) is 16.8. The molecule has 5 nitrogen and oxygen atoms in total. The van der Waals surface area contributed by atoms with Crippen molar-refractivity contribution in [2.24, 2.45) is 5.10 Å². The van der Waals surface area contributed by atoms with E-state index in [-0.39, 0.29) is 22.4 Å². The molecule has 0 saturated carbocycles. The predicted octanol–water partition coefficient (Wildman–Crippen LogP) is 3.97. The number of hydrogen-bond acceptors (Lipinski definition) is 4. The summed E-state index contributed by atoms with van der Waals surface area (Å²) in [5.74, 6) is -0.222. The fourth-order valence-electron chi connectivity index (χ4n) is 2.47. The summed E-state index contributed by atoms with van der Waals surface area (Å²) < 4.78 is 5.03. The standard InChI is InChI=1S/C19H15ClN2O3/c1-25-17-10-12(9-16(20)18(17)23)11-21-22-19(24)15-8-4-6-13-5-2-3-7-14(13)15/h2-11,23H,1H3,(H,22,24)/b21-11+. The van der Waals surface area contributed by atoms with Gasteiger partial charge in [-0.05, 0) is 34.5 Å². The zero-order valence-electron chi connectivity index (χ0n) is 13.4. The molecule has 0 aliphatic carbocycles. The first-order valence-corrected chi connectivity index (χ1v) is 7.85. The molecule has 0 unspecified atom stereocenters. The predicted molar refractivity (Wildman–Crippen MR) is 98.7 cm³/mol. The molecule has 3 rings (SSSR count). The second-order valence-electron chi connectivity index (χ2n) is 5.28. The highest BCUT2D eigenvalue weighted by Gasteiger charge is 2.09. The first-order valence-electron chi connectivity index (χ1n) is 7.48.